The highest BCUT2D eigenvalue weighted by Gasteiger charge is 2.22. The van der Waals surface area contributed by atoms with Gasteiger partial charge in [0.1, 0.15) is 0 Å². The fourth-order valence-electron chi connectivity index (χ4n) is 2.92. The second-order valence-corrected chi connectivity index (χ2v) is 9.11. The number of anilines is 2. The van der Waals surface area contributed by atoms with Crippen LogP contribution in [-0.4, -0.2) is 32.2 Å². The molecule has 0 saturated heterocycles. The standard InChI is InChI=1S/C23H24N4O6S/c1-15(27-34(31,32)20-11-9-18(10-12-20)25-16(2)28)22(29)24-14-17-5-7-19(8-6-17)26-23(30)21-4-3-13-33-21/h3-13,15,27H,14H2,1-2H3,(H,24,29)(H,25,28)(H,26,30)/t15-/m0/s1. The first-order valence-electron chi connectivity index (χ1n) is 10.3. The Labute approximate surface area is 196 Å². The first-order chi connectivity index (χ1) is 16.1. The zero-order valence-corrected chi connectivity index (χ0v) is 19.3. The summed E-state index contributed by atoms with van der Waals surface area (Å²) in [6, 6.07) is 14.6. The molecule has 0 saturated carbocycles. The van der Waals surface area contributed by atoms with Crippen LogP contribution < -0.4 is 20.7 Å². The second kappa shape index (κ2) is 10.8. The summed E-state index contributed by atoms with van der Waals surface area (Å²) in [7, 11) is -3.94. The molecule has 1 atom stereocenters. The van der Waals surface area contributed by atoms with Gasteiger partial charge in [-0.3, -0.25) is 14.4 Å². The Morgan fingerprint density at radius 1 is 0.912 bits per heavy atom. The van der Waals surface area contributed by atoms with E-state index in [9.17, 15) is 22.8 Å². The van der Waals surface area contributed by atoms with Gasteiger partial charge in [-0.2, -0.15) is 4.72 Å². The Morgan fingerprint density at radius 3 is 2.12 bits per heavy atom. The fourth-order valence-corrected chi connectivity index (χ4v) is 4.13. The molecule has 3 aromatic rings. The SMILES string of the molecule is CC(=O)Nc1ccc(S(=O)(=O)N[C@@H](C)C(=O)NCc2ccc(NC(=O)c3ccco3)cc2)cc1. The van der Waals surface area contributed by atoms with Crippen molar-refractivity contribution in [1.82, 2.24) is 10.0 Å². The summed E-state index contributed by atoms with van der Waals surface area (Å²) in [5.74, 6) is -0.964. The molecule has 0 bridgehead atoms. The molecule has 178 valence electrons. The maximum Gasteiger partial charge on any atom is 0.291 e. The number of hydrogen-bond donors (Lipinski definition) is 4. The molecule has 3 amide bonds. The summed E-state index contributed by atoms with van der Waals surface area (Å²) in [6.45, 7) is 2.95. The van der Waals surface area contributed by atoms with Gasteiger partial charge in [0.2, 0.25) is 21.8 Å². The summed E-state index contributed by atoms with van der Waals surface area (Å²) in [5.41, 5.74) is 1.78. The van der Waals surface area contributed by atoms with Gasteiger partial charge in [0, 0.05) is 24.8 Å². The highest BCUT2D eigenvalue weighted by atomic mass is 32.2. The van der Waals surface area contributed by atoms with Crippen LogP contribution in [0.5, 0.6) is 0 Å². The van der Waals surface area contributed by atoms with Crippen molar-refractivity contribution in [3.63, 3.8) is 0 Å². The van der Waals surface area contributed by atoms with Crippen molar-refractivity contribution in [3.05, 3.63) is 78.3 Å². The molecule has 0 radical (unpaired) electrons. The molecule has 0 aliphatic carbocycles. The minimum absolute atomic E-state index is 0.0339. The molecule has 0 aliphatic rings. The average molecular weight is 485 g/mol. The number of nitrogens with one attached hydrogen (secondary N) is 4. The quantitative estimate of drug-likeness (QED) is 0.367. The van der Waals surface area contributed by atoms with Crippen molar-refractivity contribution < 1.29 is 27.2 Å². The van der Waals surface area contributed by atoms with Crippen LogP contribution in [0.25, 0.3) is 0 Å². The molecule has 1 heterocycles. The van der Waals surface area contributed by atoms with Gasteiger partial charge in [-0.1, -0.05) is 12.1 Å². The lowest BCUT2D eigenvalue weighted by Gasteiger charge is -2.15. The zero-order chi connectivity index (χ0) is 24.7. The smallest absolute Gasteiger partial charge is 0.291 e. The lowest BCUT2D eigenvalue weighted by Crippen LogP contribution is -2.44. The van der Waals surface area contributed by atoms with E-state index in [2.05, 4.69) is 20.7 Å². The van der Waals surface area contributed by atoms with Gasteiger partial charge in [0.05, 0.1) is 17.2 Å². The van der Waals surface area contributed by atoms with E-state index in [4.69, 9.17) is 4.42 Å². The van der Waals surface area contributed by atoms with Gasteiger partial charge < -0.3 is 20.4 Å². The van der Waals surface area contributed by atoms with Crippen LogP contribution >= 0.6 is 0 Å². The zero-order valence-electron chi connectivity index (χ0n) is 18.5. The van der Waals surface area contributed by atoms with E-state index in [-0.39, 0.29) is 29.0 Å². The molecule has 2 aromatic carbocycles. The largest absolute Gasteiger partial charge is 0.459 e. The maximum absolute atomic E-state index is 12.5. The predicted molar refractivity (Wildman–Crippen MR) is 125 cm³/mol. The Kier molecular flexibility index (Phi) is 7.82. The monoisotopic (exact) mass is 484 g/mol. The number of amides is 3. The van der Waals surface area contributed by atoms with Gasteiger partial charge in [0.25, 0.3) is 5.91 Å². The van der Waals surface area contributed by atoms with E-state index >= 15 is 0 Å². The van der Waals surface area contributed by atoms with E-state index in [1.54, 1.807) is 36.4 Å². The van der Waals surface area contributed by atoms with Gasteiger partial charge in [-0.25, -0.2) is 8.42 Å². The Hall–Kier alpha value is -3.96. The van der Waals surface area contributed by atoms with E-state index in [0.29, 0.717) is 11.4 Å². The van der Waals surface area contributed by atoms with Crippen molar-refractivity contribution in [1.29, 1.82) is 0 Å². The number of carbonyl (C=O) groups excluding carboxylic acids is 3. The van der Waals surface area contributed by atoms with E-state index in [1.807, 2.05) is 0 Å². The maximum atomic E-state index is 12.5. The number of carbonyl (C=O) groups is 3. The van der Waals surface area contributed by atoms with Crippen LogP contribution in [0.15, 0.2) is 76.2 Å². The van der Waals surface area contributed by atoms with Crippen molar-refractivity contribution in [2.24, 2.45) is 0 Å². The van der Waals surface area contributed by atoms with Gasteiger partial charge in [-0.05, 0) is 61.0 Å². The Morgan fingerprint density at radius 2 is 1.53 bits per heavy atom. The molecule has 11 heteroatoms. The molecule has 1 aromatic heterocycles. The number of hydrogen-bond acceptors (Lipinski definition) is 6. The lowest BCUT2D eigenvalue weighted by atomic mass is 10.2. The van der Waals surface area contributed by atoms with Crippen LogP contribution in [0, 0.1) is 0 Å². The van der Waals surface area contributed by atoms with Gasteiger partial charge >= 0.3 is 0 Å². The lowest BCUT2D eigenvalue weighted by molar-refractivity contribution is -0.122. The van der Waals surface area contributed by atoms with E-state index < -0.39 is 22.0 Å². The topological polar surface area (TPSA) is 147 Å². The summed E-state index contributed by atoms with van der Waals surface area (Å²) < 4.78 is 32.5. The average Bonchev–Trinajstić information content (AvgIpc) is 3.33. The molecule has 0 unspecified atom stereocenters. The first-order valence-corrected chi connectivity index (χ1v) is 11.7. The normalized spacial score (nSPS) is 11.9. The molecule has 10 nitrogen and oxygen atoms in total. The second-order valence-electron chi connectivity index (χ2n) is 7.39. The molecule has 3 rings (SSSR count). The summed E-state index contributed by atoms with van der Waals surface area (Å²) in [5, 5.41) is 7.91. The molecule has 0 spiro atoms. The van der Waals surface area contributed by atoms with Crippen LogP contribution in [0.2, 0.25) is 0 Å². The minimum atomic E-state index is -3.94. The highest BCUT2D eigenvalue weighted by molar-refractivity contribution is 7.89. The third kappa shape index (κ3) is 6.77. The molecule has 4 N–H and O–H groups in total. The van der Waals surface area contributed by atoms with Crippen molar-refractivity contribution in [2.75, 3.05) is 10.6 Å². The molecular formula is C23H24N4O6S. The summed E-state index contributed by atoms with van der Waals surface area (Å²) in [4.78, 5) is 35.4. The number of furan rings is 1. The predicted octanol–water partition coefficient (Wildman–Crippen LogP) is 2.47. The number of rotatable bonds is 9. The molecule has 0 fully saturated rings. The Bertz CT molecular complexity index is 1250. The van der Waals surface area contributed by atoms with Crippen molar-refractivity contribution in [2.45, 2.75) is 31.3 Å². The fraction of sp³-hybridized carbons (Fsp3) is 0.174. The van der Waals surface area contributed by atoms with Crippen LogP contribution in [-0.2, 0) is 26.2 Å². The third-order valence-electron chi connectivity index (χ3n) is 4.63. The number of benzene rings is 2. The van der Waals surface area contributed by atoms with Gasteiger partial charge in [0.15, 0.2) is 5.76 Å². The minimum Gasteiger partial charge on any atom is -0.459 e. The summed E-state index contributed by atoms with van der Waals surface area (Å²) in [6.07, 6.45) is 1.41. The highest BCUT2D eigenvalue weighted by Crippen LogP contribution is 2.15. The van der Waals surface area contributed by atoms with Crippen molar-refractivity contribution >= 4 is 39.1 Å². The van der Waals surface area contributed by atoms with Crippen molar-refractivity contribution in [3.8, 4) is 0 Å². The third-order valence-corrected chi connectivity index (χ3v) is 6.19. The molecular weight excluding hydrogens is 460 g/mol. The summed E-state index contributed by atoms with van der Waals surface area (Å²) >= 11 is 0. The van der Waals surface area contributed by atoms with Crippen LogP contribution in [0.1, 0.15) is 30.0 Å². The van der Waals surface area contributed by atoms with Crippen LogP contribution in [0.4, 0.5) is 11.4 Å². The number of sulfonamides is 1. The van der Waals surface area contributed by atoms with Crippen LogP contribution in [0.3, 0.4) is 0 Å². The molecule has 0 aliphatic heterocycles. The Balaban J connectivity index is 1.51. The first kappa shape index (κ1) is 24.7. The van der Waals surface area contributed by atoms with E-state index in [1.165, 1.54) is 44.4 Å². The molecule has 34 heavy (non-hydrogen) atoms. The van der Waals surface area contributed by atoms with E-state index in [0.717, 1.165) is 5.56 Å². The van der Waals surface area contributed by atoms with Gasteiger partial charge in [-0.15, -0.1) is 0 Å².